The van der Waals surface area contributed by atoms with Crippen molar-refractivity contribution in [2.75, 3.05) is 13.2 Å². The quantitative estimate of drug-likeness (QED) is 0.323. The Morgan fingerprint density at radius 1 is 1.07 bits per heavy atom. The minimum absolute atomic E-state index is 0.0269. The Bertz CT molecular complexity index is 1480. The van der Waals surface area contributed by atoms with Gasteiger partial charge in [0.2, 0.25) is 0 Å². The number of benzene rings is 1. The molecule has 232 valence electrons. The standard InChI is InChI=1S/C34H43F3N2O3Si/c1-20(2)29-27-28(26-24(39-29)17-32(10-11-32)18-25(26)42-43(6,7)31(3,4)5)33(12-14-40-15-13-33)41-30(27)21-8-9-23(34(35,36)37)22(16-21)19-38/h8-9,16,20,25,30H,10-15,17-18H2,1-7H3/t25-,30+/m0/s1. The summed E-state index contributed by atoms with van der Waals surface area (Å²) in [5.41, 5.74) is 4.08. The van der Waals surface area contributed by atoms with Crippen molar-refractivity contribution in [2.24, 2.45) is 5.41 Å². The van der Waals surface area contributed by atoms with Gasteiger partial charge in [0.05, 0.1) is 28.9 Å². The van der Waals surface area contributed by atoms with E-state index in [1.54, 1.807) is 6.07 Å². The predicted octanol–water partition coefficient (Wildman–Crippen LogP) is 9.01. The van der Waals surface area contributed by atoms with Crippen LogP contribution in [0.4, 0.5) is 13.2 Å². The first-order valence-corrected chi connectivity index (χ1v) is 18.5. The van der Waals surface area contributed by atoms with Crippen LogP contribution in [0.3, 0.4) is 0 Å². The fraction of sp³-hybridized carbons (Fsp3) is 0.647. The molecule has 2 spiro atoms. The molecule has 4 aliphatic rings. The normalized spacial score (nSPS) is 24.2. The van der Waals surface area contributed by atoms with E-state index in [0.29, 0.717) is 31.6 Å². The lowest BCUT2D eigenvalue weighted by atomic mass is 9.73. The maximum absolute atomic E-state index is 13.7. The summed E-state index contributed by atoms with van der Waals surface area (Å²) in [4.78, 5) is 5.39. The van der Waals surface area contributed by atoms with E-state index in [1.807, 2.05) is 0 Å². The van der Waals surface area contributed by atoms with E-state index in [0.717, 1.165) is 47.0 Å². The summed E-state index contributed by atoms with van der Waals surface area (Å²) in [7, 11) is -2.18. The first kappa shape index (κ1) is 30.8. The van der Waals surface area contributed by atoms with Crippen molar-refractivity contribution >= 4 is 8.32 Å². The van der Waals surface area contributed by atoms with E-state index in [1.165, 1.54) is 25.0 Å². The molecule has 2 aliphatic heterocycles. The van der Waals surface area contributed by atoms with Gasteiger partial charge in [0.15, 0.2) is 8.32 Å². The highest BCUT2D eigenvalue weighted by Gasteiger charge is 2.57. The third-order valence-corrected chi connectivity index (χ3v) is 15.2. The van der Waals surface area contributed by atoms with Gasteiger partial charge in [0.1, 0.15) is 6.10 Å². The van der Waals surface area contributed by atoms with Crippen molar-refractivity contribution in [3.8, 4) is 6.07 Å². The predicted molar refractivity (Wildman–Crippen MR) is 160 cm³/mol. The zero-order chi connectivity index (χ0) is 31.2. The van der Waals surface area contributed by atoms with Gasteiger partial charge in [-0.15, -0.1) is 0 Å². The molecule has 5 nitrogen and oxygen atoms in total. The second kappa shape index (κ2) is 10.1. The summed E-state index contributed by atoms with van der Waals surface area (Å²) in [5, 5.41) is 9.75. The van der Waals surface area contributed by atoms with Crippen LogP contribution >= 0.6 is 0 Å². The van der Waals surface area contributed by atoms with Crippen LogP contribution < -0.4 is 0 Å². The van der Waals surface area contributed by atoms with Crippen molar-refractivity contribution in [1.82, 2.24) is 4.98 Å². The van der Waals surface area contributed by atoms with Gasteiger partial charge in [0.25, 0.3) is 0 Å². The van der Waals surface area contributed by atoms with Gasteiger partial charge >= 0.3 is 6.18 Å². The Kier molecular flexibility index (Phi) is 7.25. The average Bonchev–Trinajstić information content (AvgIpc) is 3.58. The van der Waals surface area contributed by atoms with Crippen molar-refractivity contribution in [1.29, 1.82) is 5.26 Å². The number of pyridine rings is 1. The number of hydrogen-bond donors (Lipinski definition) is 0. The lowest BCUT2D eigenvalue weighted by Crippen LogP contribution is -2.44. The molecule has 9 heteroatoms. The second-order valence-corrected chi connectivity index (χ2v) is 19.8. The van der Waals surface area contributed by atoms with Gasteiger partial charge in [-0.25, -0.2) is 0 Å². The van der Waals surface area contributed by atoms with Crippen molar-refractivity contribution in [3.05, 3.63) is 63.0 Å². The Labute approximate surface area is 254 Å². The van der Waals surface area contributed by atoms with Gasteiger partial charge in [-0.1, -0.05) is 40.7 Å². The molecule has 1 aromatic carbocycles. The number of halogens is 3. The highest BCUT2D eigenvalue weighted by molar-refractivity contribution is 6.74. The summed E-state index contributed by atoms with van der Waals surface area (Å²) >= 11 is 0. The lowest BCUT2D eigenvalue weighted by Gasteiger charge is -2.44. The van der Waals surface area contributed by atoms with E-state index in [9.17, 15) is 18.4 Å². The van der Waals surface area contributed by atoms with Gasteiger partial charge in [-0.2, -0.15) is 18.4 Å². The molecule has 2 fully saturated rings. The van der Waals surface area contributed by atoms with Gasteiger partial charge < -0.3 is 13.9 Å². The number of alkyl halides is 3. The number of ether oxygens (including phenoxy) is 2. The van der Waals surface area contributed by atoms with Crippen LogP contribution in [0.25, 0.3) is 0 Å². The van der Waals surface area contributed by atoms with Crippen molar-refractivity contribution in [3.63, 3.8) is 0 Å². The van der Waals surface area contributed by atoms with Crippen molar-refractivity contribution < 1.29 is 27.1 Å². The monoisotopic (exact) mass is 612 g/mol. The Hall–Kier alpha value is -2.25. The summed E-state index contributed by atoms with van der Waals surface area (Å²) in [5.74, 6) is 0.0712. The number of fused-ring (bicyclic) bond motifs is 4. The summed E-state index contributed by atoms with van der Waals surface area (Å²) in [6.07, 6.45) is 0.169. The molecular formula is C34H43F3N2O3Si. The third-order valence-electron chi connectivity index (χ3n) is 10.7. The summed E-state index contributed by atoms with van der Waals surface area (Å²) in [6.45, 7) is 16.7. The molecule has 0 unspecified atom stereocenters. The first-order valence-electron chi connectivity index (χ1n) is 15.6. The fourth-order valence-corrected chi connectivity index (χ4v) is 8.45. The van der Waals surface area contributed by atoms with Gasteiger partial charge in [-0.3, -0.25) is 4.98 Å². The van der Waals surface area contributed by atoms with E-state index in [-0.39, 0.29) is 22.5 Å². The molecule has 1 saturated heterocycles. The van der Waals surface area contributed by atoms with Crippen LogP contribution in [-0.4, -0.2) is 26.5 Å². The largest absolute Gasteiger partial charge is 0.417 e. The number of nitrogens with zero attached hydrogens (tertiary/aromatic N) is 2. The van der Waals surface area contributed by atoms with E-state index in [2.05, 4.69) is 47.7 Å². The van der Waals surface area contributed by atoms with Gasteiger partial charge in [-0.05, 0) is 78.4 Å². The maximum Gasteiger partial charge on any atom is 0.417 e. The molecule has 3 heterocycles. The third kappa shape index (κ3) is 5.16. The van der Waals surface area contributed by atoms with Crippen LogP contribution in [-0.2, 0) is 32.1 Å². The maximum atomic E-state index is 13.7. The highest BCUT2D eigenvalue weighted by Crippen LogP contribution is 2.63. The highest BCUT2D eigenvalue weighted by atomic mass is 28.4. The van der Waals surface area contributed by atoms with E-state index in [4.69, 9.17) is 18.9 Å². The Balaban J connectivity index is 1.60. The molecular weight excluding hydrogens is 569 g/mol. The Morgan fingerprint density at radius 2 is 1.74 bits per heavy atom. The summed E-state index contributed by atoms with van der Waals surface area (Å²) in [6, 6.07) is 5.64. The number of aromatic nitrogens is 1. The zero-order valence-electron chi connectivity index (χ0n) is 26.4. The Morgan fingerprint density at radius 3 is 2.30 bits per heavy atom. The topological polar surface area (TPSA) is 64.4 Å². The number of nitriles is 1. The molecule has 2 aliphatic carbocycles. The molecule has 1 aromatic heterocycles. The molecule has 6 rings (SSSR count). The zero-order valence-corrected chi connectivity index (χ0v) is 27.4. The van der Waals surface area contributed by atoms with Crippen LogP contribution in [0.2, 0.25) is 18.1 Å². The smallest absolute Gasteiger partial charge is 0.410 e. The molecule has 43 heavy (non-hydrogen) atoms. The van der Waals surface area contributed by atoms with Crippen LogP contribution in [0.5, 0.6) is 0 Å². The van der Waals surface area contributed by atoms with Crippen LogP contribution in [0.15, 0.2) is 18.2 Å². The number of hydrogen-bond acceptors (Lipinski definition) is 5. The molecule has 1 saturated carbocycles. The van der Waals surface area contributed by atoms with Gasteiger partial charge in [0, 0.05) is 48.6 Å². The average molecular weight is 613 g/mol. The number of rotatable bonds is 4. The second-order valence-electron chi connectivity index (χ2n) is 15.1. The fourth-order valence-electron chi connectivity index (χ4n) is 7.19. The van der Waals surface area contributed by atoms with E-state index < -0.39 is 37.3 Å². The minimum Gasteiger partial charge on any atom is -0.410 e. The van der Waals surface area contributed by atoms with Crippen LogP contribution in [0.1, 0.15) is 130 Å². The SMILES string of the molecule is CC(C)c1nc2c(c3c1[C@@H](c1ccc(C(F)(F)F)c(C#N)c1)OC31CCOCC1)[C@@H](O[Si](C)(C)C(C)(C)C)CC1(CC1)C2. The molecule has 2 aromatic rings. The lowest BCUT2D eigenvalue weighted by molar-refractivity contribution is -0.138. The van der Waals surface area contributed by atoms with Crippen molar-refractivity contribution in [2.45, 2.75) is 121 Å². The molecule has 0 N–H and O–H groups in total. The van der Waals surface area contributed by atoms with E-state index >= 15 is 0 Å². The first-order chi connectivity index (χ1) is 20.0. The summed E-state index contributed by atoms with van der Waals surface area (Å²) < 4.78 is 61.4. The molecule has 0 amide bonds. The van der Waals surface area contributed by atoms with Crippen LogP contribution in [0, 0.1) is 16.7 Å². The molecule has 2 atom stereocenters. The molecule has 0 radical (unpaired) electrons. The molecule has 0 bridgehead atoms. The minimum atomic E-state index is -4.61.